The van der Waals surface area contributed by atoms with E-state index in [1.165, 1.54) is 0 Å². The van der Waals surface area contributed by atoms with Gasteiger partial charge in [0, 0.05) is 15.4 Å². The molecule has 0 atom stereocenters. The smallest absolute Gasteiger partial charge is 0.185 e. The Kier molecular flexibility index (Phi) is 5.88. The second-order valence-electron chi connectivity index (χ2n) is 3.10. The topological polar surface area (TPSA) is 17.1 Å². The van der Waals surface area contributed by atoms with Crippen molar-refractivity contribution in [2.75, 3.05) is 5.33 Å². The number of carbonyl (C=O) groups is 1. The lowest BCUT2D eigenvalue weighted by Gasteiger charge is -1.95. The van der Waals surface area contributed by atoms with Crippen LogP contribution in [0.25, 0.3) is 0 Å². The fraction of sp³-hybridized carbons (Fsp3) is 0.250. The molecule has 0 bridgehead atoms. The van der Waals surface area contributed by atoms with Crippen LogP contribution in [-0.4, -0.2) is 11.1 Å². The fourth-order valence-electron chi connectivity index (χ4n) is 1.10. The first kappa shape index (κ1) is 12.7. The van der Waals surface area contributed by atoms with Crippen molar-refractivity contribution in [1.82, 2.24) is 0 Å². The van der Waals surface area contributed by atoms with Crippen molar-refractivity contribution in [1.29, 1.82) is 0 Å². The van der Waals surface area contributed by atoms with Crippen LogP contribution in [0.2, 0.25) is 0 Å². The standard InChI is InChI=1S/C12H12Br2O/c13-9-3-1-2-4-12(15)10-5-7-11(14)8-6-10/h2,4-8H,1,3,9H2/b4-2+. The molecule has 15 heavy (non-hydrogen) atoms. The minimum absolute atomic E-state index is 0.0667. The Hall–Kier alpha value is -0.410. The van der Waals surface area contributed by atoms with Gasteiger partial charge < -0.3 is 0 Å². The van der Waals surface area contributed by atoms with E-state index in [4.69, 9.17) is 0 Å². The molecule has 0 N–H and O–H groups in total. The first-order valence-corrected chi connectivity index (χ1v) is 6.68. The third kappa shape index (κ3) is 4.76. The number of alkyl halides is 1. The maximum absolute atomic E-state index is 11.6. The maximum atomic E-state index is 11.6. The zero-order valence-corrected chi connectivity index (χ0v) is 11.4. The van der Waals surface area contributed by atoms with Gasteiger partial charge in [0.25, 0.3) is 0 Å². The van der Waals surface area contributed by atoms with Crippen molar-refractivity contribution in [3.8, 4) is 0 Å². The summed E-state index contributed by atoms with van der Waals surface area (Å²) in [5.74, 6) is 0.0667. The summed E-state index contributed by atoms with van der Waals surface area (Å²) in [6, 6.07) is 7.39. The van der Waals surface area contributed by atoms with Gasteiger partial charge in [0.05, 0.1) is 0 Å². The Morgan fingerprint density at radius 3 is 2.53 bits per heavy atom. The normalized spacial score (nSPS) is 10.8. The molecule has 0 unspecified atom stereocenters. The van der Waals surface area contributed by atoms with Gasteiger partial charge in [-0.15, -0.1) is 0 Å². The van der Waals surface area contributed by atoms with Gasteiger partial charge in [-0.3, -0.25) is 4.79 Å². The lowest BCUT2D eigenvalue weighted by molar-refractivity contribution is 0.104. The highest BCUT2D eigenvalue weighted by atomic mass is 79.9. The van der Waals surface area contributed by atoms with Gasteiger partial charge in [-0.05, 0) is 43.2 Å². The highest BCUT2D eigenvalue weighted by molar-refractivity contribution is 9.10. The minimum Gasteiger partial charge on any atom is -0.289 e. The number of halogens is 2. The Balaban J connectivity index is 2.53. The molecule has 0 aliphatic heterocycles. The molecule has 1 aromatic rings. The van der Waals surface area contributed by atoms with E-state index >= 15 is 0 Å². The molecule has 0 aromatic heterocycles. The molecular weight excluding hydrogens is 320 g/mol. The first-order chi connectivity index (χ1) is 7.24. The number of unbranched alkanes of at least 4 members (excludes halogenated alkanes) is 1. The van der Waals surface area contributed by atoms with Crippen LogP contribution in [0.1, 0.15) is 23.2 Å². The van der Waals surface area contributed by atoms with E-state index in [1.807, 2.05) is 30.3 Å². The molecule has 0 amide bonds. The van der Waals surface area contributed by atoms with Gasteiger partial charge in [0.2, 0.25) is 0 Å². The third-order valence-electron chi connectivity index (χ3n) is 1.90. The largest absolute Gasteiger partial charge is 0.289 e. The summed E-state index contributed by atoms with van der Waals surface area (Å²) in [6.45, 7) is 0. The number of benzene rings is 1. The molecule has 0 saturated carbocycles. The number of ketones is 1. The van der Waals surface area contributed by atoms with E-state index in [2.05, 4.69) is 31.9 Å². The molecule has 0 heterocycles. The summed E-state index contributed by atoms with van der Waals surface area (Å²) >= 11 is 6.68. The van der Waals surface area contributed by atoms with Gasteiger partial charge >= 0.3 is 0 Å². The second kappa shape index (κ2) is 6.96. The number of hydrogen-bond acceptors (Lipinski definition) is 1. The summed E-state index contributed by atoms with van der Waals surface area (Å²) in [5, 5.41) is 0.976. The molecular formula is C12H12Br2O. The number of carbonyl (C=O) groups excluding carboxylic acids is 1. The lowest BCUT2D eigenvalue weighted by Crippen LogP contribution is -1.93. The average Bonchev–Trinajstić information content (AvgIpc) is 2.25. The Bertz CT molecular complexity index is 341. The Morgan fingerprint density at radius 2 is 1.93 bits per heavy atom. The van der Waals surface area contributed by atoms with Gasteiger partial charge in [-0.2, -0.15) is 0 Å². The van der Waals surface area contributed by atoms with Crippen LogP contribution in [0.4, 0.5) is 0 Å². The van der Waals surface area contributed by atoms with Crippen molar-refractivity contribution < 1.29 is 4.79 Å². The highest BCUT2D eigenvalue weighted by Crippen LogP contribution is 2.11. The molecule has 1 nitrogen and oxygen atoms in total. The van der Waals surface area contributed by atoms with Gasteiger partial charge in [0.15, 0.2) is 5.78 Å². The first-order valence-electron chi connectivity index (χ1n) is 4.76. The Labute approximate surface area is 107 Å². The van der Waals surface area contributed by atoms with Crippen LogP contribution < -0.4 is 0 Å². The van der Waals surface area contributed by atoms with Gasteiger partial charge in [-0.25, -0.2) is 0 Å². The van der Waals surface area contributed by atoms with E-state index < -0.39 is 0 Å². The van der Waals surface area contributed by atoms with Crippen molar-refractivity contribution in [3.63, 3.8) is 0 Å². The molecule has 1 aromatic carbocycles. The summed E-state index contributed by atoms with van der Waals surface area (Å²) < 4.78 is 0.988. The van der Waals surface area contributed by atoms with Crippen LogP contribution >= 0.6 is 31.9 Å². The summed E-state index contributed by atoms with van der Waals surface area (Å²) in [5.41, 5.74) is 0.730. The molecule has 0 saturated heterocycles. The SMILES string of the molecule is O=C(/C=C/CCCBr)c1ccc(Br)cc1. The number of rotatable bonds is 5. The zero-order valence-electron chi connectivity index (χ0n) is 8.25. The van der Waals surface area contributed by atoms with E-state index in [0.717, 1.165) is 28.2 Å². The molecule has 0 aliphatic carbocycles. The van der Waals surface area contributed by atoms with E-state index in [9.17, 15) is 4.79 Å². The third-order valence-corrected chi connectivity index (χ3v) is 2.99. The predicted octanol–water partition coefficient (Wildman–Crippen LogP) is 4.36. The zero-order chi connectivity index (χ0) is 11.1. The lowest BCUT2D eigenvalue weighted by atomic mass is 10.1. The molecule has 0 radical (unpaired) electrons. The average molecular weight is 332 g/mol. The van der Waals surface area contributed by atoms with Crippen molar-refractivity contribution in [3.05, 3.63) is 46.5 Å². The Morgan fingerprint density at radius 1 is 1.27 bits per heavy atom. The molecule has 80 valence electrons. The second-order valence-corrected chi connectivity index (χ2v) is 4.81. The molecule has 1 rings (SSSR count). The number of hydrogen-bond donors (Lipinski definition) is 0. The summed E-state index contributed by atoms with van der Waals surface area (Å²) in [6.07, 6.45) is 5.56. The summed E-state index contributed by atoms with van der Waals surface area (Å²) in [7, 11) is 0. The van der Waals surface area contributed by atoms with E-state index in [-0.39, 0.29) is 5.78 Å². The molecule has 0 fully saturated rings. The van der Waals surface area contributed by atoms with Crippen LogP contribution in [0.5, 0.6) is 0 Å². The minimum atomic E-state index is 0.0667. The molecule has 3 heteroatoms. The predicted molar refractivity (Wildman–Crippen MR) is 70.6 cm³/mol. The monoisotopic (exact) mass is 330 g/mol. The van der Waals surface area contributed by atoms with Crippen molar-refractivity contribution in [2.45, 2.75) is 12.8 Å². The van der Waals surface area contributed by atoms with Crippen LogP contribution in [-0.2, 0) is 0 Å². The number of allylic oxidation sites excluding steroid dienone is 2. The molecule has 0 aliphatic rings. The fourth-order valence-corrected chi connectivity index (χ4v) is 1.68. The molecule has 0 spiro atoms. The van der Waals surface area contributed by atoms with Crippen LogP contribution in [0.15, 0.2) is 40.9 Å². The van der Waals surface area contributed by atoms with Gasteiger partial charge in [-0.1, -0.05) is 37.9 Å². The van der Waals surface area contributed by atoms with Crippen molar-refractivity contribution in [2.24, 2.45) is 0 Å². The maximum Gasteiger partial charge on any atom is 0.185 e. The van der Waals surface area contributed by atoms with Crippen molar-refractivity contribution >= 4 is 37.6 Å². The van der Waals surface area contributed by atoms with Crippen LogP contribution in [0.3, 0.4) is 0 Å². The van der Waals surface area contributed by atoms with Gasteiger partial charge in [0.1, 0.15) is 0 Å². The highest BCUT2D eigenvalue weighted by Gasteiger charge is 1.99. The quantitative estimate of drug-likeness (QED) is 0.339. The summed E-state index contributed by atoms with van der Waals surface area (Å²) in [4.78, 5) is 11.6. The van der Waals surface area contributed by atoms with Crippen LogP contribution in [0, 0.1) is 0 Å². The van der Waals surface area contributed by atoms with E-state index in [0.29, 0.717) is 0 Å². The van der Waals surface area contributed by atoms with E-state index in [1.54, 1.807) is 6.08 Å².